The van der Waals surface area contributed by atoms with Gasteiger partial charge in [-0.05, 0) is 43.4 Å². The maximum atomic E-state index is 12.4. The van der Waals surface area contributed by atoms with E-state index < -0.39 is 12.6 Å². The molecule has 0 fully saturated rings. The first kappa shape index (κ1) is 18.0. The maximum Gasteiger partial charge on any atom is 0.389 e. The molecule has 0 amide bonds. The summed E-state index contributed by atoms with van der Waals surface area (Å²) in [5.74, 6) is 0. The standard InChI is InChI=1S/C17H26F3N/c1-3-5-6-14-7-9-15(10-8-14)16(21-13-4-2)11-12-17(18,19)20/h7-10,16,21H,3-6,11-13H2,1-2H3. The van der Waals surface area contributed by atoms with Crippen LogP contribution in [0, 0.1) is 0 Å². The number of halogens is 3. The Morgan fingerprint density at radius 3 is 2.24 bits per heavy atom. The molecule has 0 saturated carbocycles. The molecule has 4 heteroatoms. The van der Waals surface area contributed by atoms with Gasteiger partial charge in [0.15, 0.2) is 0 Å². The maximum absolute atomic E-state index is 12.4. The van der Waals surface area contributed by atoms with Gasteiger partial charge in [-0.1, -0.05) is 44.5 Å². The van der Waals surface area contributed by atoms with Gasteiger partial charge in [0.05, 0.1) is 0 Å². The van der Waals surface area contributed by atoms with E-state index in [1.807, 2.05) is 31.2 Å². The molecule has 1 N–H and O–H groups in total. The molecule has 1 atom stereocenters. The van der Waals surface area contributed by atoms with Crippen molar-refractivity contribution in [1.82, 2.24) is 5.32 Å². The molecule has 0 aliphatic heterocycles. The highest BCUT2D eigenvalue weighted by molar-refractivity contribution is 5.25. The summed E-state index contributed by atoms with van der Waals surface area (Å²) in [5.41, 5.74) is 2.21. The second-order valence-corrected chi connectivity index (χ2v) is 5.51. The van der Waals surface area contributed by atoms with Gasteiger partial charge in [-0.15, -0.1) is 0 Å². The fourth-order valence-corrected chi connectivity index (χ4v) is 2.31. The lowest BCUT2D eigenvalue weighted by Crippen LogP contribution is -2.24. The summed E-state index contributed by atoms with van der Waals surface area (Å²) >= 11 is 0. The zero-order valence-corrected chi connectivity index (χ0v) is 13.0. The molecular formula is C17H26F3N. The van der Waals surface area contributed by atoms with Crippen LogP contribution in [0.15, 0.2) is 24.3 Å². The van der Waals surface area contributed by atoms with E-state index in [0.717, 1.165) is 37.8 Å². The molecule has 120 valence electrons. The van der Waals surface area contributed by atoms with Crippen LogP contribution in [0.3, 0.4) is 0 Å². The third-order valence-corrected chi connectivity index (χ3v) is 3.56. The van der Waals surface area contributed by atoms with Gasteiger partial charge in [0, 0.05) is 12.5 Å². The number of hydrogen-bond donors (Lipinski definition) is 1. The van der Waals surface area contributed by atoms with Crippen molar-refractivity contribution in [2.75, 3.05) is 6.54 Å². The fraction of sp³-hybridized carbons (Fsp3) is 0.647. The van der Waals surface area contributed by atoms with E-state index in [0.29, 0.717) is 0 Å². The molecule has 21 heavy (non-hydrogen) atoms. The van der Waals surface area contributed by atoms with Crippen LogP contribution in [0.1, 0.15) is 63.1 Å². The van der Waals surface area contributed by atoms with Gasteiger partial charge in [0.1, 0.15) is 0 Å². The SMILES string of the molecule is CCCCc1ccc(C(CCC(F)(F)F)NCCC)cc1. The Balaban J connectivity index is 2.67. The zero-order chi connectivity index (χ0) is 15.7. The van der Waals surface area contributed by atoms with Crippen molar-refractivity contribution in [3.8, 4) is 0 Å². The van der Waals surface area contributed by atoms with Gasteiger partial charge >= 0.3 is 6.18 Å². The summed E-state index contributed by atoms with van der Waals surface area (Å²) in [6, 6.07) is 7.80. The Bertz CT molecular complexity index is 384. The van der Waals surface area contributed by atoms with Crippen molar-refractivity contribution < 1.29 is 13.2 Å². The second-order valence-electron chi connectivity index (χ2n) is 5.51. The zero-order valence-electron chi connectivity index (χ0n) is 13.0. The number of rotatable bonds is 9. The molecule has 0 spiro atoms. The summed E-state index contributed by atoms with van der Waals surface area (Å²) in [4.78, 5) is 0. The number of nitrogens with one attached hydrogen (secondary N) is 1. The average molecular weight is 301 g/mol. The molecular weight excluding hydrogens is 275 g/mol. The molecule has 0 aromatic heterocycles. The summed E-state index contributed by atoms with van der Waals surface area (Å²) < 4.78 is 37.3. The minimum absolute atomic E-state index is 0.0950. The lowest BCUT2D eigenvalue weighted by atomic mass is 9.99. The Hall–Kier alpha value is -1.03. The Labute approximate surface area is 125 Å². The molecule has 0 bridgehead atoms. The van der Waals surface area contributed by atoms with Gasteiger partial charge in [-0.2, -0.15) is 13.2 Å². The van der Waals surface area contributed by atoms with E-state index in [-0.39, 0.29) is 12.5 Å². The first-order chi connectivity index (χ1) is 9.96. The third-order valence-electron chi connectivity index (χ3n) is 3.56. The van der Waals surface area contributed by atoms with Crippen molar-refractivity contribution in [1.29, 1.82) is 0 Å². The number of hydrogen-bond acceptors (Lipinski definition) is 1. The molecule has 1 unspecified atom stereocenters. The highest BCUT2D eigenvalue weighted by atomic mass is 19.4. The molecule has 1 aromatic carbocycles. The van der Waals surface area contributed by atoms with Crippen molar-refractivity contribution >= 4 is 0 Å². The largest absolute Gasteiger partial charge is 0.389 e. The Morgan fingerprint density at radius 2 is 1.71 bits per heavy atom. The normalized spacial score (nSPS) is 13.4. The van der Waals surface area contributed by atoms with Gasteiger partial charge < -0.3 is 5.32 Å². The first-order valence-corrected chi connectivity index (χ1v) is 7.85. The lowest BCUT2D eigenvalue weighted by molar-refractivity contribution is -0.136. The molecule has 1 nitrogen and oxygen atoms in total. The highest BCUT2D eigenvalue weighted by Crippen LogP contribution is 2.28. The number of benzene rings is 1. The molecule has 0 saturated heterocycles. The number of unbranched alkanes of at least 4 members (excludes halogenated alkanes) is 1. The molecule has 0 radical (unpaired) electrons. The molecule has 0 aliphatic rings. The second kappa shape index (κ2) is 9.08. The lowest BCUT2D eigenvalue weighted by Gasteiger charge is -2.20. The summed E-state index contributed by atoms with van der Waals surface area (Å²) in [5, 5.41) is 3.22. The van der Waals surface area contributed by atoms with Crippen LogP contribution in [0.5, 0.6) is 0 Å². The van der Waals surface area contributed by atoms with E-state index in [4.69, 9.17) is 0 Å². The van der Waals surface area contributed by atoms with E-state index >= 15 is 0 Å². The summed E-state index contributed by atoms with van der Waals surface area (Å²) in [6.45, 7) is 4.90. The van der Waals surface area contributed by atoms with Crippen LogP contribution in [0.25, 0.3) is 0 Å². The van der Waals surface area contributed by atoms with Crippen LogP contribution in [-0.4, -0.2) is 12.7 Å². The Kier molecular flexibility index (Phi) is 7.79. The molecule has 1 aromatic rings. The average Bonchev–Trinajstić information content (AvgIpc) is 2.45. The highest BCUT2D eigenvalue weighted by Gasteiger charge is 2.28. The minimum atomic E-state index is -4.09. The topological polar surface area (TPSA) is 12.0 Å². The predicted molar refractivity (Wildman–Crippen MR) is 81.4 cm³/mol. The van der Waals surface area contributed by atoms with Gasteiger partial charge in [0.2, 0.25) is 0 Å². The van der Waals surface area contributed by atoms with E-state index in [1.165, 1.54) is 5.56 Å². The quantitative estimate of drug-likeness (QED) is 0.643. The van der Waals surface area contributed by atoms with Crippen LogP contribution in [-0.2, 0) is 6.42 Å². The summed E-state index contributed by atoms with van der Waals surface area (Å²) in [6.07, 6.45) is -0.501. The number of alkyl halides is 3. The van der Waals surface area contributed by atoms with Gasteiger partial charge in [-0.25, -0.2) is 0 Å². The van der Waals surface area contributed by atoms with Crippen molar-refractivity contribution in [3.05, 3.63) is 35.4 Å². The third kappa shape index (κ3) is 7.51. The fourth-order valence-electron chi connectivity index (χ4n) is 2.31. The van der Waals surface area contributed by atoms with Crippen molar-refractivity contribution in [3.63, 3.8) is 0 Å². The number of aryl methyl sites for hydroxylation is 1. The van der Waals surface area contributed by atoms with Crippen LogP contribution in [0.4, 0.5) is 13.2 Å². The minimum Gasteiger partial charge on any atom is -0.310 e. The van der Waals surface area contributed by atoms with Gasteiger partial charge in [-0.3, -0.25) is 0 Å². The van der Waals surface area contributed by atoms with Crippen LogP contribution < -0.4 is 5.32 Å². The van der Waals surface area contributed by atoms with Crippen LogP contribution in [0.2, 0.25) is 0 Å². The van der Waals surface area contributed by atoms with Crippen LogP contribution >= 0.6 is 0 Å². The molecule has 1 rings (SSSR count). The van der Waals surface area contributed by atoms with E-state index in [2.05, 4.69) is 12.2 Å². The Morgan fingerprint density at radius 1 is 1.05 bits per heavy atom. The van der Waals surface area contributed by atoms with E-state index in [9.17, 15) is 13.2 Å². The van der Waals surface area contributed by atoms with Crippen molar-refractivity contribution in [2.45, 2.75) is 64.6 Å². The van der Waals surface area contributed by atoms with Crippen molar-refractivity contribution in [2.24, 2.45) is 0 Å². The first-order valence-electron chi connectivity index (χ1n) is 7.85. The summed E-state index contributed by atoms with van der Waals surface area (Å²) in [7, 11) is 0. The smallest absolute Gasteiger partial charge is 0.310 e. The predicted octanol–water partition coefficient (Wildman–Crippen LogP) is 5.41. The van der Waals surface area contributed by atoms with E-state index in [1.54, 1.807) is 0 Å². The molecule has 0 heterocycles. The monoisotopic (exact) mass is 301 g/mol. The van der Waals surface area contributed by atoms with Gasteiger partial charge in [0.25, 0.3) is 0 Å². The molecule has 0 aliphatic carbocycles.